The van der Waals surface area contributed by atoms with E-state index in [2.05, 4.69) is 4.98 Å². The molecule has 5 nitrogen and oxygen atoms in total. The Morgan fingerprint density at radius 3 is 2.73 bits per heavy atom. The highest BCUT2D eigenvalue weighted by Crippen LogP contribution is 2.25. The molecule has 0 N–H and O–H groups in total. The molecule has 0 aliphatic carbocycles. The van der Waals surface area contributed by atoms with E-state index in [0.29, 0.717) is 19.8 Å². The van der Waals surface area contributed by atoms with Gasteiger partial charge in [-0.15, -0.1) is 22.7 Å². The zero-order valence-corrected chi connectivity index (χ0v) is 14.9. The van der Waals surface area contributed by atoms with Crippen LogP contribution in [-0.2, 0) is 15.6 Å². The number of thiazole rings is 1. The van der Waals surface area contributed by atoms with Crippen LogP contribution in [0.25, 0.3) is 0 Å². The van der Waals surface area contributed by atoms with E-state index in [-0.39, 0.29) is 11.5 Å². The van der Waals surface area contributed by atoms with Crippen LogP contribution in [-0.4, -0.2) is 38.2 Å². The first-order valence-corrected chi connectivity index (χ1v) is 9.76. The minimum Gasteiger partial charge on any atom is -0.383 e. The highest BCUT2D eigenvalue weighted by atomic mass is 32.2. The molecule has 0 aliphatic heterocycles. The molecule has 2 aromatic heterocycles. The second-order valence-electron chi connectivity index (χ2n) is 4.86. The number of hydrogen-bond donors (Lipinski definition) is 0. The molecule has 2 heterocycles. The lowest BCUT2D eigenvalue weighted by molar-refractivity contribution is 0.104. The summed E-state index contributed by atoms with van der Waals surface area (Å²) in [5.74, 6) is -0.340. The van der Waals surface area contributed by atoms with Gasteiger partial charge in [-0.1, -0.05) is 6.07 Å². The number of allylic oxidation sites excluding steroid dienone is 1. The fourth-order valence-corrected chi connectivity index (χ4v) is 5.39. The van der Waals surface area contributed by atoms with Crippen LogP contribution in [0.15, 0.2) is 34.0 Å². The van der Waals surface area contributed by atoms with Crippen molar-refractivity contribution in [1.82, 2.24) is 9.88 Å². The SMILES string of the molecule is Cc1nc(CS(=O)(=O)c2cccs2)sc1C(=O)C=CN(C)C. The second kappa shape index (κ2) is 6.72. The van der Waals surface area contributed by atoms with Crippen molar-refractivity contribution in [3.63, 3.8) is 0 Å². The van der Waals surface area contributed by atoms with Crippen molar-refractivity contribution in [2.75, 3.05) is 14.1 Å². The monoisotopic (exact) mass is 356 g/mol. The van der Waals surface area contributed by atoms with Crippen LogP contribution in [0.1, 0.15) is 20.4 Å². The number of aromatic nitrogens is 1. The van der Waals surface area contributed by atoms with Crippen LogP contribution in [0.4, 0.5) is 0 Å². The van der Waals surface area contributed by atoms with Gasteiger partial charge in [0.2, 0.25) is 0 Å². The Balaban J connectivity index is 2.22. The number of hydrogen-bond acceptors (Lipinski definition) is 7. The Kier molecular flexibility index (Phi) is 5.15. The van der Waals surface area contributed by atoms with Crippen molar-refractivity contribution in [3.05, 3.63) is 45.4 Å². The third-order valence-electron chi connectivity index (χ3n) is 2.70. The standard InChI is InChI=1S/C14H16N2O3S3/c1-10-14(11(17)6-7-16(2)3)21-12(15-10)9-22(18,19)13-5-4-8-20-13/h4-8H,9H2,1-3H3. The molecular formula is C14H16N2O3S3. The topological polar surface area (TPSA) is 67.3 Å². The van der Waals surface area contributed by atoms with E-state index in [0.717, 1.165) is 11.3 Å². The number of carbonyl (C=O) groups excluding carboxylic acids is 1. The molecule has 0 radical (unpaired) electrons. The maximum absolute atomic E-state index is 12.2. The molecule has 118 valence electrons. The molecule has 0 amide bonds. The van der Waals surface area contributed by atoms with Crippen LogP contribution in [0.3, 0.4) is 0 Å². The Labute approximate surface area is 137 Å². The van der Waals surface area contributed by atoms with Gasteiger partial charge in [-0.3, -0.25) is 4.79 Å². The van der Waals surface area contributed by atoms with Gasteiger partial charge < -0.3 is 4.90 Å². The van der Waals surface area contributed by atoms with Gasteiger partial charge >= 0.3 is 0 Å². The van der Waals surface area contributed by atoms with Crippen LogP contribution in [0.5, 0.6) is 0 Å². The molecule has 0 saturated heterocycles. The van der Waals surface area contributed by atoms with Gasteiger partial charge in [0, 0.05) is 26.4 Å². The second-order valence-corrected chi connectivity index (χ2v) is 9.10. The summed E-state index contributed by atoms with van der Waals surface area (Å²) >= 11 is 2.32. The average molecular weight is 356 g/mol. The number of sulfone groups is 1. The number of aryl methyl sites for hydroxylation is 1. The summed E-state index contributed by atoms with van der Waals surface area (Å²) in [4.78, 5) is 18.6. The number of rotatable bonds is 6. The van der Waals surface area contributed by atoms with E-state index < -0.39 is 9.84 Å². The number of carbonyl (C=O) groups is 1. The van der Waals surface area contributed by atoms with Crippen LogP contribution >= 0.6 is 22.7 Å². The molecular weight excluding hydrogens is 340 g/mol. The van der Waals surface area contributed by atoms with Gasteiger partial charge in [-0.25, -0.2) is 13.4 Å². The number of nitrogens with zero attached hydrogens (tertiary/aromatic N) is 2. The zero-order valence-electron chi connectivity index (χ0n) is 12.4. The van der Waals surface area contributed by atoms with E-state index in [9.17, 15) is 13.2 Å². The largest absolute Gasteiger partial charge is 0.383 e. The number of thiophene rings is 1. The van der Waals surface area contributed by atoms with Crippen molar-refractivity contribution < 1.29 is 13.2 Å². The molecule has 0 atom stereocenters. The van der Waals surface area contributed by atoms with Crippen molar-refractivity contribution >= 4 is 38.3 Å². The van der Waals surface area contributed by atoms with Crippen LogP contribution in [0, 0.1) is 6.92 Å². The van der Waals surface area contributed by atoms with E-state index >= 15 is 0 Å². The highest BCUT2D eigenvalue weighted by molar-refractivity contribution is 7.92. The third-order valence-corrected chi connectivity index (χ3v) is 7.17. The molecule has 2 rings (SSSR count). The van der Waals surface area contributed by atoms with Crippen molar-refractivity contribution in [1.29, 1.82) is 0 Å². The lowest BCUT2D eigenvalue weighted by Gasteiger charge is -2.01. The van der Waals surface area contributed by atoms with Crippen LogP contribution < -0.4 is 0 Å². The molecule has 0 spiro atoms. The first-order valence-electron chi connectivity index (χ1n) is 6.41. The predicted octanol–water partition coefficient (Wildman–Crippen LogP) is 2.74. The predicted molar refractivity (Wildman–Crippen MR) is 89.2 cm³/mol. The molecule has 8 heteroatoms. The maximum atomic E-state index is 12.2. The lowest BCUT2D eigenvalue weighted by Crippen LogP contribution is -2.02. The Morgan fingerprint density at radius 1 is 1.41 bits per heavy atom. The Hall–Kier alpha value is -1.51. The minimum absolute atomic E-state index is 0.163. The molecule has 2 aromatic rings. The van der Waals surface area contributed by atoms with E-state index in [1.165, 1.54) is 17.4 Å². The normalized spacial score (nSPS) is 12.0. The fraction of sp³-hybridized carbons (Fsp3) is 0.286. The summed E-state index contributed by atoms with van der Waals surface area (Å²) in [6.07, 6.45) is 3.11. The first kappa shape index (κ1) is 16.9. The summed E-state index contributed by atoms with van der Waals surface area (Å²) in [5.41, 5.74) is 0.565. The third kappa shape index (κ3) is 4.02. The smallest absolute Gasteiger partial charge is 0.199 e. The van der Waals surface area contributed by atoms with Crippen molar-refractivity contribution in [2.24, 2.45) is 0 Å². The van der Waals surface area contributed by atoms with E-state index in [4.69, 9.17) is 0 Å². The quantitative estimate of drug-likeness (QED) is 0.588. The van der Waals surface area contributed by atoms with Crippen molar-refractivity contribution in [3.8, 4) is 0 Å². The summed E-state index contributed by atoms with van der Waals surface area (Å²) in [6.45, 7) is 1.72. The fourth-order valence-electron chi connectivity index (χ4n) is 1.71. The summed E-state index contributed by atoms with van der Waals surface area (Å²) in [7, 11) is 0.248. The van der Waals surface area contributed by atoms with Gasteiger partial charge in [0.15, 0.2) is 15.6 Å². The van der Waals surface area contributed by atoms with Gasteiger partial charge in [-0.2, -0.15) is 0 Å². The summed E-state index contributed by atoms with van der Waals surface area (Å²) in [6, 6.07) is 3.28. The molecule has 0 saturated carbocycles. The van der Waals surface area contributed by atoms with Gasteiger partial charge in [-0.05, 0) is 18.4 Å². The molecule has 0 unspecified atom stereocenters. The summed E-state index contributed by atoms with van der Waals surface area (Å²) < 4.78 is 24.8. The first-order chi connectivity index (χ1) is 10.3. The Morgan fingerprint density at radius 2 is 2.14 bits per heavy atom. The Bertz CT molecular complexity index is 787. The molecule has 0 aromatic carbocycles. The molecule has 0 fully saturated rings. The van der Waals surface area contributed by atoms with E-state index in [1.807, 2.05) is 14.1 Å². The zero-order chi connectivity index (χ0) is 16.3. The van der Waals surface area contributed by atoms with Gasteiger partial charge in [0.1, 0.15) is 15.0 Å². The van der Waals surface area contributed by atoms with Gasteiger partial charge in [0.25, 0.3) is 0 Å². The number of ketones is 1. The van der Waals surface area contributed by atoms with Crippen molar-refractivity contribution in [2.45, 2.75) is 16.9 Å². The molecule has 22 heavy (non-hydrogen) atoms. The molecule has 0 bridgehead atoms. The van der Waals surface area contributed by atoms with Gasteiger partial charge in [0.05, 0.1) is 10.6 Å². The lowest BCUT2D eigenvalue weighted by atomic mass is 10.3. The summed E-state index contributed by atoms with van der Waals surface area (Å²) in [5, 5.41) is 2.16. The van der Waals surface area contributed by atoms with Crippen LogP contribution in [0.2, 0.25) is 0 Å². The highest BCUT2D eigenvalue weighted by Gasteiger charge is 2.21. The minimum atomic E-state index is -3.40. The maximum Gasteiger partial charge on any atom is 0.199 e. The average Bonchev–Trinajstić information content (AvgIpc) is 3.05. The molecule has 0 aliphatic rings. The van der Waals surface area contributed by atoms with E-state index in [1.54, 1.807) is 35.5 Å².